The van der Waals surface area contributed by atoms with Gasteiger partial charge in [-0.2, -0.15) is 0 Å². The minimum Gasteiger partial charge on any atom is -0.480 e. The number of carboxylic acids is 1. The van der Waals surface area contributed by atoms with Gasteiger partial charge in [0.25, 0.3) is 0 Å². The summed E-state index contributed by atoms with van der Waals surface area (Å²) in [7, 11) is 0. The highest BCUT2D eigenvalue weighted by molar-refractivity contribution is 5.94. The van der Waals surface area contributed by atoms with E-state index in [9.17, 15) is 19.5 Å². The summed E-state index contributed by atoms with van der Waals surface area (Å²) in [6.45, 7) is 0.0735. The molecular weight excluding hydrogens is 408 g/mol. The van der Waals surface area contributed by atoms with E-state index in [1.807, 2.05) is 48.5 Å². The van der Waals surface area contributed by atoms with Crippen molar-refractivity contribution in [2.75, 3.05) is 6.61 Å². The first-order chi connectivity index (χ1) is 15.5. The normalized spacial score (nSPS) is 13.0. The molecule has 7 nitrogen and oxygen atoms in total. The SMILES string of the molecule is NC(=O)c1ccccc1C[C@@H](NC(=O)OCC1c2ccccc2-c2ccccc21)C(=O)O. The first kappa shape index (κ1) is 21.1. The minimum absolute atomic E-state index is 0.0735. The maximum atomic E-state index is 12.5. The number of fused-ring (bicyclic) bond motifs is 3. The molecule has 1 atom stereocenters. The Hall–Kier alpha value is -4.13. The molecule has 0 fully saturated rings. The van der Waals surface area contributed by atoms with Gasteiger partial charge >= 0.3 is 12.1 Å². The molecule has 1 aliphatic rings. The Kier molecular flexibility index (Phi) is 5.89. The van der Waals surface area contributed by atoms with Gasteiger partial charge in [-0.25, -0.2) is 9.59 Å². The third-order valence-corrected chi connectivity index (χ3v) is 5.64. The molecule has 4 N–H and O–H groups in total. The van der Waals surface area contributed by atoms with Crippen LogP contribution in [0.5, 0.6) is 0 Å². The summed E-state index contributed by atoms with van der Waals surface area (Å²) >= 11 is 0. The van der Waals surface area contributed by atoms with Crippen molar-refractivity contribution >= 4 is 18.0 Å². The van der Waals surface area contributed by atoms with Crippen molar-refractivity contribution in [2.45, 2.75) is 18.4 Å². The number of rotatable bonds is 7. The maximum Gasteiger partial charge on any atom is 0.407 e. The zero-order valence-electron chi connectivity index (χ0n) is 17.2. The molecule has 3 aromatic carbocycles. The molecule has 0 saturated carbocycles. The third-order valence-electron chi connectivity index (χ3n) is 5.64. The van der Waals surface area contributed by atoms with Gasteiger partial charge in [0.15, 0.2) is 0 Å². The average Bonchev–Trinajstić information content (AvgIpc) is 3.11. The Labute approximate surface area is 184 Å². The molecule has 2 amide bonds. The number of aliphatic carboxylic acids is 1. The topological polar surface area (TPSA) is 119 Å². The number of carboxylic acid groups (broad SMARTS) is 1. The number of alkyl carbamates (subject to hydrolysis) is 1. The molecule has 3 aromatic rings. The molecule has 4 rings (SSSR count). The lowest BCUT2D eigenvalue weighted by molar-refractivity contribution is -0.139. The van der Waals surface area contributed by atoms with E-state index >= 15 is 0 Å². The van der Waals surface area contributed by atoms with Crippen LogP contribution in [0.2, 0.25) is 0 Å². The number of amides is 2. The summed E-state index contributed by atoms with van der Waals surface area (Å²) in [6.07, 6.45) is -0.936. The van der Waals surface area contributed by atoms with E-state index < -0.39 is 24.0 Å². The Balaban J connectivity index is 1.45. The smallest absolute Gasteiger partial charge is 0.407 e. The largest absolute Gasteiger partial charge is 0.480 e. The lowest BCUT2D eigenvalue weighted by atomic mass is 9.98. The second-order valence-corrected chi connectivity index (χ2v) is 7.59. The standard InChI is InChI=1S/C25H22N2O5/c26-23(28)16-8-2-1-7-15(16)13-22(24(29)30)27-25(31)32-14-21-19-11-5-3-9-17(19)18-10-4-6-12-20(18)21/h1-12,21-22H,13-14H2,(H2,26,28)(H,27,31)(H,29,30)/t22-/m1/s1. The number of nitrogens with one attached hydrogen (secondary N) is 1. The molecule has 0 saturated heterocycles. The second kappa shape index (κ2) is 8.93. The number of primary amides is 1. The second-order valence-electron chi connectivity index (χ2n) is 7.59. The Morgan fingerprint density at radius 3 is 2.06 bits per heavy atom. The van der Waals surface area contributed by atoms with Crippen molar-refractivity contribution < 1.29 is 24.2 Å². The van der Waals surface area contributed by atoms with Crippen LogP contribution < -0.4 is 11.1 Å². The molecule has 0 aliphatic heterocycles. The van der Waals surface area contributed by atoms with Crippen molar-refractivity contribution in [2.24, 2.45) is 5.73 Å². The third kappa shape index (κ3) is 4.18. The van der Waals surface area contributed by atoms with Crippen LogP contribution in [0.25, 0.3) is 11.1 Å². The number of ether oxygens (including phenoxy) is 1. The van der Waals surface area contributed by atoms with E-state index in [2.05, 4.69) is 5.32 Å². The lowest BCUT2D eigenvalue weighted by Gasteiger charge is -2.18. The van der Waals surface area contributed by atoms with Crippen molar-refractivity contribution in [3.05, 3.63) is 95.1 Å². The molecule has 0 bridgehead atoms. The van der Waals surface area contributed by atoms with Gasteiger partial charge in [-0.1, -0.05) is 66.7 Å². The van der Waals surface area contributed by atoms with Crippen molar-refractivity contribution in [1.29, 1.82) is 0 Å². The summed E-state index contributed by atoms with van der Waals surface area (Å²) in [4.78, 5) is 35.8. The molecule has 162 valence electrons. The molecule has 32 heavy (non-hydrogen) atoms. The fourth-order valence-electron chi connectivity index (χ4n) is 4.14. The Morgan fingerprint density at radius 2 is 1.47 bits per heavy atom. The molecule has 0 unspecified atom stereocenters. The van der Waals surface area contributed by atoms with Crippen LogP contribution in [-0.4, -0.2) is 35.7 Å². The predicted octanol–water partition coefficient (Wildman–Crippen LogP) is 3.32. The van der Waals surface area contributed by atoms with Gasteiger partial charge in [-0.15, -0.1) is 0 Å². The number of carbonyl (C=O) groups excluding carboxylic acids is 2. The van der Waals surface area contributed by atoms with Crippen LogP contribution in [0.1, 0.15) is 33.0 Å². The molecule has 1 aliphatic carbocycles. The lowest BCUT2D eigenvalue weighted by Crippen LogP contribution is -2.43. The molecular formula is C25H22N2O5. The zero-order chi connectivity index (χ0) is 22.7. The summed E-state index contributed by atoms with van der Waals surface area (Å²) in [5, 5.41) is 12.0. The first-order valence-electron chi connectivity index (χ1n) is 10.2. The van der Waals surface area contributed by atoms with Crippen LogP contribution in [0.3, 0.4) is 0 Å². The van der Waals surface area contributed by atoms with E-state index in [-0.39, 0.29) is 24.5 Å². The molecule has 0 heterocycles. The van der Waals surface area contributed by atoms with Gasteiger partial charge in [0.2, 0.25) is 5.91 Å². The van der Waals surface area contributed by atoms with Gasteiger partial charge in [-0.05, 0) is 33.9 Å². The van der Waals surface area contributed by atoms with Gasteiger partial charge < -0.3 is 20.9 Å². The van der Waals surface area contributed by atoms with E-state index in [0.29, 0.717) is 5.56 Å². The summed E-state index contributed by atoms with van der Waals surface area (Å²) in [5.74, 6) is -2.03. The van der Waals surface area contributed by atoms with Gasteiger partial charge in [0.05, 0.1) is 0 Å². The highest BCUT2D eigenvalue weighted by Crippen LogP contribution is 2.44. The van der Waals surface area contributed by atoms with Gasteiger partial charge in [0.1, 0.15) is 12.6 Å². The van der Waals surface area contributed by atoms with E-state index in [0.717, 1.165) is 22.3 Å². The van der Waals surface area contributed by atoms with Crippen LogP contribution in [0.15, 0.2) is 72.8 Å². The van der Waals surface area contributed by atoms with Crippen LogP contribution >= 0.6 is 0 Å². The number of benzene rings is 3. The highest BCUT2D eigenvalue weighted by atomic mass is 16.5. The van der Waals surface area contributed by atoms with E-state index in [1.165, 1.54) is 6.07 Å². The van der Waals surface area contributed by atoms with Gasteiger partial charge in [-0.3, -0.25) is 4.79 Å². The molecule has 0 radical (unpaired) electrons. The number of nitrogens with two attached hydrogens (primary N) is 1. The Morgan fingerprint density at radius 1 is 0.906 bits per heavy atom. The predicted molar refractivity (Wildman–Crippen MR) is 118 cm³/mol. The highest BCUT2D eigenvalue weighted by Gasteiger charge is 2.30. The van der Waals surface area contributed by atoms with Crippen LogP contribution in [-0.2, 0) is 16.0 Å². The van der Waals surface area contributed by atoms with Gasteiger partial charge in [0, 0.05) is 17.9 Å². The number of hydrogen-bond acceptors (Lipinski definition) is 4. The first-order valence-corrected chi connectivity index (χ1v) is 10.2. The summed E-state index contributed by atoms with van der Waals surface area (Å²) in [5.41, 5.74) is 10.3. The fourth-order valence-corrected chi connectivity index (χ4v) is 4.14. The maximum absolute atomic E-state index is 12.5. The fraction of sp³-hybridized carbons (Fsp3) is 0.160. The number of hydrogen-bond donors (Lipinski definition) is 3. The molecule has 0 spiro atoms. The Bertz CT molecular complexity index is 1140. The minimum atomic E-state index is -1.27. The zero-order valence-corrected chi connectivity index (χ0v) is 17.2. The monoisotopic (exact) mass is 430 g/mol. The molecule has 7 heteroatoms. The van der Waals surface area contributed by atoms with Crippen molar-refractivity contribution in [3.63, 3.8) is 0 Å². The van der Waals surface area contributed by atoms with Crippen LogP contribution in [0, 0.1) is 0 Å². The van der Waals surface area contributed by atoms with Crippen LogP contribution in [0.4, 0.5) is 4.79 Å². The summed E-state index contributed by atoms with van der Waals surface area (Å²) < 4.78 is 5.43. The van der Waals surface area contributed by atoms with E-state index in [1.54, 1.807) is 18.2 Å². The molecule has 0 aromatic heterocycles. The van der Waals surface area contributed by atoms with E-state index in [4.69, 9.17) is 10.5 Å². The van der Waals surface area contributed by atoms with Crippen molar-refractivity contribution in [1.82, 2.24) is 5.32 Å². The average molecular weight is 430 g/mol. The quantitative estimate of drug-likeness (QED) is 0.531. The number of carbonyl (C=O) groups is 3. The van der Waals surface area contributed by atoms with Crippen molar-refractivity contribution in [3.8, 4) is 11.1 Å². The summed E-state index contributed by atoms with van der Waals surface area (Å²) in [6, 6.07) is 21.0.